The largest absolute Gasteiger partial charge is 0.462 e. The van der Waals surface area contributed by atoms with Gasteiger partial charge < -0.3 is 21.1 Å². The van der Waals surface area contributed by atoms with Crippen LogP contribution in [0, 0.1) is 13.8 Å². The zero-order valence-corrected chi connectivity index (χ0v) is 15.3. The number of hydrogen-bond donors (Lipinski definition) is 4. The lowest BCUT2D eigenvalue weighted by atomic mass is 10.1. The maximum Gasteiger partial charge on any atom is 0.344 e. The Labute approximate surface area is 150 Å². The number of carbonyl (C=O) groups excluding carboxylic acids is 1. The van der Waals surface area contributed by atoms with Crippen LogP contribution in [0.2, 0.25) is 0 Å². The van der Waals surface area contributed by atoms with Gasteiger partial charge in [0.25, 0.3) is 0 Å². The van der Waals surface area contributed by atoms with Crippen molar-refractivity contribution in [3.05, 3.63) is 39.3 Å². The number of esters is 1. The summed E-state index contributed by atoms with van der Waals surface area (Å²) < 4.78 is 5.07. The van der Waals surface area contributed by atoms with Crippen molar-refractivity contribution in [3.8, 4) is 0 Å². The first-order valence-corrected chi connectivity index (χ1v) is 9.02. The maximum absolute atomic E-state index is 12.0. The van der Waals surface area contributed by atoms with Crippen LogP contribution < -0.4 is 16.4 Å². The summed E-state index contributed by atoms with van der Waals surface area (Å²) in [4.78, 5) is 16.9. The number of aromatic nitrogens is 2. The van der Waals surface area contributed by atoms with Crippen LogP contribution in [0.3, 0.4) is 0 Å². The minimum absolute atomic E-state index is 0.128. The van der Waals surface area contributed by atoms with Gasteiger partial charge >= 0.3 is 5.97 Å². The average Bonchev–Trinajstić information content (AvgIpc) is 3.13. The number of nitrogens with one attached hydrogen (secondary N) is 3. The van der Waals surface area contributed by atoms with Gasteiger partial charge in [-0.05, 0) is 38.8 Å². The zero-order valence-electron chi connectivity index (χ0n) is 14.5. The van der Waals surface area contributed by atoms with Gasteiger partial charge in [-0.1, -0.05) is 11.8 Å². The topological polar surface area (TPSA) is 117 Å². The molecule has 3 rings (SSSR count). The quantitative estimate of drug-likeness (QED) is 0.553. The summed E-state index contributed by atoms with van der Waals surface area (Å²) in [7, 11) is 0. The molecule has 2 aliphatic heterocycles. The lowest BCUT2D eigenvalue weighted by Crippen LogP contribution is -2.42. The Morgan fingerprint density at radius 3 is 2.96 bits per heavy atom. The second kappa shape index (κ2) is 7.22. The molecule has 1 unspecified atom stereocenters. The summed E-state index contributed by atoms with van der Waals surface area (Å²) in [5, 5.41) is 13.5. The van der Waals surface area contributed by atoms with Crippen LogP contribution in [0.25, 0.3) is 0 Å². The van der Waals surface area contributed by atoms with Gasteiger partial charge in [0.15, 0.2) is 5.96 Å². The molecule has 2 aliphatic rings. The number of H-pyrrole nitrogens is 1. The highest BCUT2D eigenvalue weighted by Gasteiger charge is 2.32. The van der Waals surface area contributed by atoms with Crippen LogP contribution >= 0.6 is 11.8 Å². The van der Waals surface area contributed by atoms with Gasteiger partial charge in [0.1, 0.15) is 11.2 Å². The summed E-state index contributed by atoms with van der Waals surface area (Å²) in [6.45, 7) is 6.82. The Morgan fingerprint density at radius 2 is 2.28 bits per heavy atom. The zero-order chi connectivity index (χ0) is 18.0. The van der Waals surface area contributed by atoms with E-state index in [1.165, 1.54) is 17.3 Å². The molecule has 25 heavy (non-hydrogen) atoms. The van der Waals surface area contributed by atoms with Crippen LogP contribution in [0.15, 0.2) is 27.4 Å². The van der Waals surface area contributed by atoms with E-state index in [4.69, 9.17) is 10.5 Å². The minimum atomic E-state index is -0.321. The highest BCUT2D eigenvalue weighted by atomic mass is 32.2. The molecule has 0 spiro atoms. The molecule has 0 radical (unpaired) electrons. The van der Waals surface area contributed by atoms with Crippen molar-refractivity contribution >= 4 is 23.7 Å². The van der Waals surface area contributed by atoms with E-state index >= 15 is 0 Å². The van der Waals surface area contributed by atoms with Gasteiger partial charge in [0, 0.05) is 17.8 Å². The van der Waals surface area contributed by atoms with Gasteiger partial charge in [-0.2, -0.15) is 10.1 Å². The molecule has 0 saturated heterocycles. The van der Waals surface area contributed by atoms with Crippen LogP contribution in [-0.4, -0.2) is 40.7 Å². The monoisotopic (exact) mass is 362 g/mol. The Balaban J connectivity index is 1.73. The fourth-order valence-electron chi connectivity index (χ4n) is 2.79. The Bertz CT molecular complexity index is 760. The number of guanidine groups is 1. The first kappa shape index (κ1) is 17.4. The van der Waals surface area contributed by atoms with E-state index in [-0.39, 0.29) is 11.3 Å². The van der Waals surface area contributed by atoms with Crippen molar-refractivity contribution in [1.82, 2.24) is 20.8 Å². The fourth-order valence-corrected chi connectivity index (χ4v) is 3.88. The predicted octanol–water partition coefficient (Wildman–Crippen LogP) is 0.808. The second-order valence-corrected chi connectivity index (χ2v) is 6.91. The lowest BCUT2D eigenvalue weighted by Gasteiger charge is -2.22. The van der Waals surface area contributed by atoms with Crippen LogP contribution in [0.1, 0.15) is 23.9 Å². The normalized spacial score (nSPS) is 19.1. The summed E-state index contributed by atoms with van der Waals surface area (Å²) in [6.07, 6.45) is 2.63. The van der Waals surface area contributed by atoms with Crippen LogP contribution in [0.4, 0.5) is 0 Å². The lowest BCUT2D eigenvalue weighted by molar-refractivity contribution is -0.137. The Hall–Kier alpha value is -2.42. The third kappa shape index (κ3) is 3.65. The molecule has 0 fully saturated rings. The Morgan fingerprint density at radius 1 is 1.48 bits per heavy atom. The molecular weight excluding hydrogens is 340 g/mol. The molecule has 5 N–H and O–H groups in total. The van der Waals surface area contributed by atoms with Crippen molar-refractivity contribution < 1.29 is 9.53 Å². The molecule has 1 aromatic heterocycles. The number of carbonyl (C=O) groups is 1. The summed E-state index contributed by atoms with van der Waals surface area (Å²) >= 11 is 1.39. The van der Waals surface area contributed by atoms with Crippen molar-refractivity contribution in [2.45, 2.75) is 32.6 Å². The third-order valence-corrected chi connectivity index (χ3v) is 5.17. The van der Waals surface area contributed by atoms with Gasteiger partial charge in [0.2, 0.25) is 0 Å². The van der Waals surface area contributed by atoms with Gasteiger partial charge in [-0.3, -0.25) is 5.10 Å². The highest BCUT2D eigenvalue weighted by molar-refractivity contribution is 8.05. The number of aryl methyl sites for hydroxylation is 2. The first-order chi connectivity index (χ1) is 12.0. The molecule has 9 heteroatoms. The molecule has 1 atom stereocenters. The molecule has 0 bridgehead atoms. The van der Waals surface area contributed by atoms with Gasteiger partial charge in [0.05, 0.1) is 17.2 Å². The van der Waals surface area contributed by atoms with Crippen molar-refractivity contribution in [2.75, 3.05) is 13.2 Å². The van der Waals surface area contributed by atoms with Crippen LogP contribution in [-0.2, 0) is 16.0 Å². The number of nitrogens with zero attached hydrogens (tertiary/aromatic N) is 2. The summed E-state index contributed by atoms with van der Waals surface area (Å²) in [6, 6.07) is 0. The smallest absolute Gasteiger partial charge is 0.344 e. The molecule has 0 aromatic carbocycles. The molecule has 0 amide bonds. The third-order valence-electron chi connectivity index (χ3n) is 4.02. The van der Waals surface area contributed by atoms with E-state index in [9.17, 15) is 4.79 Å². The van der Waals surface area contributed by atoms with E-state index in [0.717, 1.165) is 23.4 Å². The molecular formula is C16H22N6O2S. The van der Waals surface area contributed by atoms with E-state index in [1.54, 1.807) is 6.92 Å². The van der Waals surface area contributed by atoms with E-state index in [2.05, 4.69) is 25.8 Å². The number of thioether (sulfide) groups is 1. The predicted molar refractivity (Wildman–Crippen MR) is 97.6 cm³/mol. The molecule has 8 nitrogen and oxygen atoms in total. The van der Waals surface area contributed by atoms with E-state index in [1.807, 2.05) is 19.9 Å². The number of rotatable bonds is 6. The number of fused-ring (bicyclic) bond motifs is 1. The molecule has 134 valence electrons. The van der Waals surface area contributed by atoms with Crippen molar-refractivity contribution in [3.63, 3.8) is 0 Å². The summed E-state index contributed by atoms with van der Waals surface area (Å²) in [5.41, 5.74) is 10.1. The second-order valence-electron chi connectivity index (χ2n) is 5.76. The number of aromatic amines is 1. The number of nitrogens with two attached hydrogens (primary N) is 1. The molecule has 1 aromatic rings. The van der Waals surface area contributed by atoms with Crippen molar-refractivity contribution in [1.29, 1.82) is 0 Å². The van der Waals surface area contributed by atoms with Gasteiger partial charge in [-0.25, -0.2) is 4.79 Å². The Kier molecular flexibility index (Phi) is 5.03. The van der Waals surface area contributed by atoms with E-state index < -0.39 is 0 Å². The molecule has 3 heterocycles. The fraction of sp³-hybridized carbons (Fsp3) is 0.438. The molecule has 0 saturated carbocycles. The minimum Gasteiger partial charge on any atom is -0.462 e. The first-order valence-electron chi connectivity index (χ1n) is 8.14. The van der Waals surface area contributed by atoms with Crippen LogP contribution in [0.5, 0.6) is 0 Å². The van der Waals surface area contributed by atoms with Gasteiger partial charge in [-0.15, -0.1) is 0 Å². The highest BCUT2D eigenvalue weighted by Crippen LogP contribution is 2.38. The SMILES string of the molecule is CCOC(=O)C1=CC2=C(NCCc3c(C)n[nH]c3C)N=C(N)NC2S1. The average molecular weight is 362 g/mol. The maximum atomic E-state index is 12.0. The van der Waals surface area contributed by atoms with E-state index in [0.29, 0.717) is 29.8 Å². The molecule has 0 aliphatic carbocycles. The van der Waals surface area contributed by atoms with Crippen molar-refractivity contribution in [2.24, 2.45) is 10.7 Å². The number of hydrogen-bond acceptors (Lipinski definition) is 8. The summed E-state index contributed by atoms with van der Waals surface area (Å²) in [5.74, 6) is 0.698. The number of ether oxygens (including phenoxy) is 1. The standard InChI is InChI=1S/C16H22N6O2S/c1-4-24-15(23)12-7-11-13(19-16(17)20-14(11)25-12)18-6-5-10-8(2)21-22-9(10)3/h7,14,18H,4-6H2,1-3H3,(H,21,22)(H3,17,19,20). The number of aliphatic imine (C=N–C) groups is 1.